The van der Waals surface area contributed by atoms with Crippen molar-refractivity contribution in [2.24, 2.45) is 0 Å². The molecule has 0 bridgehead atoms. The van der Waals surface area contributed by atoms with E-state index in [9.17, 15) is 4.79 Å². The minimum Gasteiger partial charge on any atom is -0.491 e. The number of hydrogen-bond acceptors (Lipinski definition) is 5. The number of nitrogens with one attached hydrogen (secondary N) is 1. The van der Waals surface area contributed by atoms with E-state index in [0.29, 0.717) is 39.4 Å². The largest absolute Gasteiger partial charge is 0.491 e. The van der Waals surface area contributed by atoms with E-state index in [1.807, 2.05) is 79.7 Å². The fourth-order valence-corrected chi connectivity index (χ4v) is 4.11. The molecule has 6 heteroatoms. The zero-order valence-electron chi connectivity index (χ0n) is 22.3. The van der Waals surface area contributed by atoms with Gasteiger partial charge in [-0.05, 0) is 72.0 Å². The second-order valence-electron chi connectivity index (χ2n) is 9.12. The Morgan fingerprint density at radius 2 is 1.54 bits per heavy atom. The van der Waals surface area contributed by atoms with Crippen LogP contribution in [0.4, 0.5) is 5.69 Å². The standard InChI is InChI=1S/C33H35NO5/c1-2-37-20-21-38-30-16-12-28(13-17-30)31-22-27(10-18-32(31)39-24-26-6-4-3-5-7-26)23-34-29-14-8-25(9-15-29)11-19-33(35)36/h3-10,12-18,22,34H,2,11,19-21,23-24H2,1H3,(H,35,36). The molecule has 0 amide bonds. The summed E-state index contributed by atoms with van der Waals surface area (Å²) in [5.41, 5.74) is 6.27. The number of aryl methyl sites for hydroxylation is 1. The molecular formula is C33H35NO5. The molecule has 0 radical (unpaired) electrons. The van der Waals surface area contributed by atoms with Gasteiger partial charge in [-0.15, -0.1) is 0 Å². The summed E-state index contributed by atoms with van der Waals surface area (Å²) in [7, 11) is 0. The molecule has 0 saturated heterocycles. The van der Waals surface area contributed by atoms with Crippen LogP contribution in [0.25, 0.3) is 11.1 Å². The van der Waals surface area contributed by atoms with E-state index < -0.39 is 5.97 Å². The highest BCUT2D eigenvalue weighted by molar-refractivity contribution is 5.72. The first-order valence-electron chi connectivity index (χ1n) is 13.3. The van der Waals surface area contributed by atoms with Gasteiger partial charge in [0.15, 0.2) is 0 Å². The van der Waals surface area contributed by atoms with Crippen molar-refractivity contribution in [1.82, 2.24) is 0 Å². The van der Waals surface area contributed by atoms with E-state index in [1.54, 1.807) is 0 Å². The molecule has 0 saturated carbocycles. The summed E-state index contributed by atoms with van der Waals surface area (Å²) in [5, 5.41) is 12.4. The summed E-state index contributed by atoms with van der Waals surface area (Å²) in [6.07, 6.45) is 0.661. The molecule has 0 fully saturated rings. The fourth-order valence-electron chi connectivity index (χ4n) is 4.11. The Morgan fingerprint density at radius 1 is 0.795 bits per heavy atom. The lowest BCUT2D eigenvalue weighted by molar-refractivity contribution is -0.136. The van der Waals surface area contributed by atoms with Crippen LogP contribution in [-0.4, -0.2) is 30.9 Å². The average molecular weight is 526 g/mol. The van der Waals surface area contributed by atoms with E-state index in [1.165, 1.54) is 0 Å². The Morgan fingerprint density at radius 3 is 2.26 bits per heavy atom. The summed E-state index contributed by atoms with van der Waals surface area (Å²) in [4.78, 5) is 10.8. The molecule has 0 aliphatic rings. The average Bonchev–Trinajstić information content (AvgIpc) is 2.98. The van der Waals surface area contributed by atoms with Gasteiger partial charge in [-0.1, -0.05) is 60.7 Å². The van der Waals surface area contributed by atoms with Crippen molar-refractivity contribution in [1.29, 1.82) is 0 Å². The number of ether oxygens (including phenoxy) is 3. The zero-order chi connectivity index (χ0) is 27.3. The first-order valence-corrected chi connectivity index (χ1v) is 13.3. The highest BCUT2D eigenvalue weighted by Gasteiger charge is 2.10. The number of hydrogen-bond donors (Lipinski definition) is 2. The molecule has 0 atom stereocenters. The molecule has 0 heterocycles. The molecule has 0 spiro atoms. The SMILES string of the molecule is CCOCCOc1ccc(-c2cc(CNc3ccc(CCC(=O)O)cc3)ccc2OCc2ccccc2)cc1. The van der Waals surface area contributed by atoms with Crippen molar-refractivity contribution in [3.05, 3.63) is 114 Å². The van der Waals surface area contributed by atoms with E-state index >= 15 is 0 Å². The number of anilines is 1. The lowest BCUT2D eigenvalue weighted by Gasteiger charge is -2.15. The van der Waals surface area contributed by atoms with Gasteiger partial charge in [0.25, 0.3) is 0 Å². The summed E-state index contributed by atoms with van der Waals surface area (Å²) in [5.74, 6) is 0.832. The minimum absolute atomic E-state index is 0.134. The number of carbonyl (C=O) groups is 1. The van der Waals surface area contributed by atoms with Crippen molar-refractivity contribution in [2.75, 3.05) is 25.1 Å². The first kappa shape index (κ1) is 27.7. The van der Waals surface area contributed by atoms with Gasteiger partial charge < -0.3 is 24.6 Å². The predicted octanol–water partition coefficient (Wildman–Crippen LogP) is 6.98. The lowest BCUT2D eigenvalue weighted by atomic mass is 10.0. The summed E-state index contributed by atoms with van der Waals surface area (Å²) < 4.78 is 17.4. The van der Waals surface area contributed by atoms with Crippen molar-refractivity contribution in [3.8, 4) is 22.6 Å². The Labute approximate surface area is 230 Å². The van der Waals surface area contributed by atoms with Gasteiger partial charge in [0, 0.05) is 30.8 Å². The van der Waals surface area contributed by atoms with Crippen molar-refractivity contribution < 1.29 is 24.1 Å². The van der Waals surface area contributed by atoms with Crippen LogP contribution in [-0.2, 0) is 29.1 Å². The zero-order valence-corrected chi connectivity index (χ0v) is 22.3. The molecule has 0 aromatic heterocycles. The maximum absolute atomic E-state index is 10.8. The van der Waals surface area contributed by atoms with Crippen LogP contribution in [0.1, 0.15) is 30.0 Å². The second-order valence-corrected chi connectivity index (χ2v) is 9.12. The lowest BCUT2D eigenvalue weighted by Crippen LogP contribution is -2.06. The van der Waals surface area contributed by atoms with Crippen LogP contribution in [0.3, 0.4) is 0 Å². The van der Waals surface area contributed by atoms with Crippen LogP contribution in [0.5, 0.6) is 11.5 Å². The maximum atomic E-state index is 10.8. The molecule has 6 nitrogen and oxygen atoms in total. The number of benzene rings is 4. The molecule has 0 aliphatic carbocycles. The smallest absolute Gasteiger partial charge is 0.303 e. The number of aliphatic carboxylic acids is 1. The Bertz CT molecular complexity index is 1300. The van der Waals surface area contributed by atoms with Crippen molar-refractivity contribution >= 4 is 11.7 Å². The van der Waals surface area contributed by atoms with Crippen molar-refractivity contribution in [3.63, 3.8) is 0 Å². The van der Waals surface area contributed by atoms with Gasteiger partial charge in [0.05, 0.1) is 6.61 Å². The molecule has 39 heavy (non-hydrogen) atoms. The van der Waals surface area contributed by atoms with E-state index in [0.717, 1.165) is 45.0 Å². The maximum Gasteiger partial charge on any atom is 0.303 e. The van der Waals surface area contributed by atoms with Crippen LogP contribution < -0.4 is 14.8 Å². The first-order chi connectivity index (χ1) is 19.1. The quantitative estimate of drug-likeness (QED) is 0.163. The summed E-state index contributed by atoms with van der Waals surface area (Å²) in [6, 6.07) is 32.3. The van der Waals surface area contributed by atoms with Gasteiger partial charge in [-0.3, -0.25) is 4.79 Å². The molecule has 4 rings (SSSR count). The topological polar surface area (TPSA) is 77.0 Å². The number of carboxylic acid groups (broad SMARTS) is 1. The van der Waals surface area contributed by atoms with Crippen LogP contribution in [0, 0.1) is 0 Å². The van der Waals surface area contributed by atoms with Crippen LogP contribution in [0.2, 0.25) is 0 Å². The van der Waals surface area contributed by atoms with Crippen molar-refractivity contribution in [2.45, 2.75) is 32.9 Å². The molecule has 4 aromatic carbocycles. The fraction of sp³-hybridized carbons (Fsp3) is 0.242. The summed E-state index contributed by atoms with van der Waals surface area (Å²) >= 11 is 0. The third-order valence-corrected chi connectivity index (χ3v) is 6.23. The predicted molar refractivity (Wildman–Crippen MR) is 154 cm³/mol. The molecule has 202 valence electrons. The van der Waals surface area contributed by atoms with E-state index in [4.69, 9.17) is 19.3 Å². The summed E-state index contributed by atoms with van der Waals surface area (Å²) in [6.45, 7) is 4.85. The molecule has 0 aliphatic heterocycles. The molecule has 0 unspecified atom stereocenters. The number of carboxylic acids is 1. The third-order valence-electron chi connectivity index (χ3n) is 6.23. The monoisotopic (exact) mass is 525 g/mol. The Hall–Kier alpha value is -4.29. The van der Waals surface area contributed by atoms with Gasteiger partial charge in [-0.25, -0.2) is 0 Å². The van der Waals surface area contributed by atoms with Crippen LogP contribution in [0.15, 0.2) is 97.1 Å². The normalized spacial score (nSPS) is 10.7. The Balaban J connectivity index is 1.47. The molecule has 4 aromatic rings. The molecular weight excluding hydrogens is 490 g/mol. The highest BCUT2D eigenvalue weighted by Crippen LogP contribution is 2.33. The molecule has 2 N–H and O–H groups in total. The van der Waals surface area contributed by atoms with Gasteiger partial charge in [0.1, 0.15) is 24.7 Å². The third kappa shape index (κ3) is 8.90. The van der Waals surface area contributed by atoms with Gasteiger partial charge in [-0.2, -0.15) is 0 Å². The minimum atomic E-state index is -0.784. The van der Waals surface area contributed by atoms with Crippen LogP contribution >= 0.6 is 0 Å². The highest BCUT2D eigenvalue weighted by atomic mass is 16.5. The van der Waals surface area contributed by atoms with E-state index in [2.05, 4.69) is 29.6 Å². The Kier molecular flexibility index (Phi) is 10.4. The second kappa shape index (κ2) is 14.6. The number of rotatable bonds is 15. The van der Waals surface area contributed by atoms with E-state index in [-0.39, 0.29) is 6.42 Å². The van der Waals surface area contributed by atoms with Gasteiger partial charge >= 0.3 is 5.97 Å². The van der Waals surface area contributed by atoms with Gasteiger partial charge in [0.2, 0.25) is 0 Å².